The highest BCUT2D eigenvalue weighted by atomic mass is 16.4. The Bertz CT molecular complexity index is 306. The Kier molecular flexibility index (Phi) is 4.87. The second-order valence-electron chi connectivity index (χ2n) is 3.21. The van der Waals surface area contributed by atoms with E-state index >= 15 is 0 Å². The van der Waals surface area contributed by atoms with Crippen LogP contribution >= 0.6 is 0 Å². The summed E-state index contributed by atoms with van der Waals surface area (Å²) >= 11 is 0. The highest BCUT2D eigenvalue weighted by Crippen LogP contribution is 2.05. The Balaban J connectivity index is 2.42. The molecule has 1 amide bonds. The standard InChI is InChI=1S/C10H15BN2O2/c1-8(13-11-15-2)10(14)12-9-6-4-3-5-7-9/h3-8,11,13H,1-2H3,(H,12,14)/t8-/m0/s1. The molecular weight excluding hydrogens is 191 g/mol. The monoisotopic (exact) mass is 206 g/mol. The fourth-order valence-corrected chi connectivity index (χ4v) is 1.07. The number of hydrogen-bond acceptors (Lipinski definition) is 3. The molecule has 0 aliphatic rings. The number of amides is 1. The lowest BCUT2D eigenvalue weighted by Crippen LogP contribution is -2.40. The maximum Gasteiger partial charge on any atom is 0.361 e. The fourth-order valence-electron chi connectivity index (χ4n) is 1.07. The molecule has 0 heterocycles. The van der Waals surface area contributed by atoms with Crippen LogP contribution in [0.3, 0.4) is 0 Å². The van der Waals surface area contributed by atoms with Gasteiger partial charge in [0.1, 0.15) is 0 Å². The quantitative estimate of drug-likeness (QED) is 0.690. The summed E-state index contributed by atoms with van der Waals surface area (Å²) in [7, 11) is 1.94. The highest BCUT2D eigenvalue weighted by molar-refractivity contribution is 6.24. The van der Waals surface area contributed by atoms with Crippen LogP contribution in [-0.4, -0.2) is 26.7 Å². The van der Waals surface area contributed by atoms with Crippen molar-refractivity contribution in [1.29, 1.82) is 0 Å². The molecule has 0 aliphatic heterocycles. The average molecular weight is 206 g/mol. The zero-order valence-electron chi connectivity index (χ0n) is 8.99. The molecular formula is C10H15BN2O2. The second kappa shape index (κ2) is 6.21. The molecule has 0 unspecified atom stereocenters. The van der Waals surface area contributed by atoms with Crippen LogP contribution in [-0.2, 0) is 9.45 Å². The molecule has 1 atom stereocenters. The summed E-state index contributed by atoms with van der Waals surface area (Å²) in [4.78, 5) is 11.6. The minimum Gasteiger partial charge on any atom is -0.427 e. The van der Waals surface area contributed by atoms with Crippen molar-refractivity contribution in [3.05, 3.63) is 30.3 Å². The van der Waals surface area contributed by atoms with Gasteiger partial charge in [0.15, 0.2) is 0 Å². The molecule has 1 rings (SSSR count). The predicted molar refractivity (Wildman–Crippen MR) is 61.8 cm³/mol. The van der Waals surface area contributed by atoms with E-state index in [9.17, 15) is 4.79 Å². The normalized spacial score (nSPS) is 11.9. The minimum absolute atomic E-state index is 0.0711. The number of para-hydroxylation sites is 1. The zero-order valence-corrected chi connectivity index (χ0v) is 8.99. The second-order valence-corrected chi connectivity index (χ2v) is 3.21. The number of benzene rings is 1. The van der Waals surface area contributed by atoms with Gasteiger partial charge < -0.3 is 15.2 Å². The van der Waals surface area contributed by atoms with Crippen molar-refractivity contribution in [1.82, 2.24) is 5.23 Å². The lowest BCUT2D eigenvalue weighted by Gasteiger charge is -2.12. The molecule has 0 saturated heterocycles. The molecule has 2 N–H and O–H groups in total. The molecule has 0 fully saturated rings. The zero-order chi connectivity index (χ0) is 11.1. The Labute approximate surface area is 90.3 Å². The third kappa shape index (κ3) is 4.14. The lowest BCUT2D eigenvalue weighted by atomic mass is 10.2. The SMILES string of the molecule is COBN[C@@H](C)C(=O)Nc1ccccc1. The van der Waals surface area contributed by atoms with Gasteiger partial charge in [0.2, 0.25) is 5.91 Å². The van der Waals surface area contributed by atoms with Gasteiger partial charge in [-0.25, -0.2) is 0 Å². The number of hydrogen-bond donors (Lipinski definition) is 2. The van der Waals surface area contributed by atoms with E-state index in [-0.39, 0.29) is 11.9 Å². The fraction of sp³-hybridized carbons (Fsp3) is 0.300. The minimum atomic E-state index is -0.273. The third-order valence-corrected chi connectivity index (χ3v) is 1.97. The molecule has 1 aromatic rings. The van der Waals surface area contributed by atoms with Crippen molar-refractivity contribution in [2.45, 2.75) is 13.0 Å². The van der Waals surface area contributed by atoms with Gasteiger partial charge in [-0.15, -0.1) is 0 Å². The van der Waals surface area contributed by atoms with Crippen LogP contribution in [0.2, 0.25) is 0 Å². The molecule has 0 spiro atoms. The van der Waals surface area contributed by atoms with E-state index < -0.39 is 0 Å². The van der Waals surface area contributed by atoms with E-state index in [1.165, 1.54) is 0 Å². The molecule has 4 nitrogen and oxygen atoms in total. The van der Waals surface area contributed by atoms with Gasteiger partial charge in [-0.1, -0.05) is 18.2 Å². The molecule has 0 aromatic heterocycles. The van der Waals surface area contributed by atoms with Crippen LogP contribution in [0.1, 0.15) is 6.92 Å². The van der Waals surface area contributed by atoms with Crippen molar-refractivity contribution in [2.24, 2.45) is 0 Å². The Morgan fingerprint density at radius 1 is 1.40 bits per heavy atom. The largest absolute Gasteiger partial charge is 0.427 e. The van der Waals surface area contributed by atoms with Crippen LogP contribution < -0.4 is 10.5 Å². The number of carbonyl (C=O) groups excluding carboxylic acids is 1. The first-order valence-electron chi connectivity index (χ1n) is 4.82. The van der Waals surface area contributed by atoms with E-state index in [1.54, 1.807) is 14.0 Å². The van der Waals surface area contributed by atoms with Crippen molar-refractivity contribution in [3.8, 4) is 0 Å². The summed E-state index contributed by atoms with van der Waals surface area (Å²) in [6, 6.07) is 9.08. The summed E-state index contributed by atoms with van der Waals surface area (Å²) in [6.07, 6.45) is 0. The van der Waals surface area contributed by atoms with E-state index in [0.29, 0.717) is 7.62 Å². The molecule has 15 heavy (non-hydrogen) atoms. The van der Waals surface area contributed by atoms with Gasteiger partial charge >= 0.3 is 7.62 Å². The van der Waals surface area contributed by atoms with Crippen LogP contribution in [0.25, 0.3) is 0 Å². The van der Waals surface area contributed by atoms with Crippen molar-refractivity contribution in [2.75, 3.05) is 12.4 Å². The topological polar surface area (TPSA) is 50.4 Å². The lowest BCUT2D eigenvalue weighted by molar-refractivity contribution is -0.117. The van der Waals surface area contributed by atoms with E-state index in [0.717, 1.165) is 5.69 Å². The van der Waals surface area contributed by atoms with Crippen molar-refractivity contribution in [3.63, 3.8) is 0 Å². The average Bonchev–Trinajstić information content (AvgIpc) is 2.27. The van der Waals surface area contributed by atoms with Crippen LogP contribution in [0.5, 0.6) is 0 Å². The summed E-state index contributed by atoms with van der Waals surface area (Å²) < 4.78 is 4.82. The Morgan fingerprint density at radius 3 is 2.67 bits per heavy atom. The Morgan fingerprint density at radius 2 is 2.07 bits per heavy atom. The van der Waals surface area contributed by atoms with Gasteiger partial charge in [0, 0.05) is 12.8 Å². The number of carbonyl (C=O) groups is 1. The van der Waals surface area contributed by atoms with Gasteiger partial charge in [-0.3, -0.25) is 4.79 Å². The van der Waals surface area contributed by atoms with E-state index in [2.05, 4.69) is 10.5 Å². The van der Waals surface area contributed by atoms with Gasteiger partial charge in [0.05, 0.1) is 6.04 Å². The first-order chi connectivity index (χ1) is 7.24. The van der Waals surface area contributed by atoms with Crippen LogP contribution in [0.4, 0.5) is 5.69 Å². The smallest absolute Gasteiger partial charge is 0.361 e. The summed E-state index contributed by atoms with van der Waals surface area (Å²) in [5.41, 5.74) is 0.800. The predicted octanol–water partition coefficient (Wildman–Crippen LogP) is 0.516. The summed E-state index contributed by atoms with van der Waals surface area (Å²) in [5.74, 6) is -0.0711. The Hall–Kier alpha value is -1.33. The number of anilines is 1. The van der Waals surface area contributed by atoms with Crippen molar-refractivity contribution >= 4 is 19.2 Å². The maximum atomic E-state index is 11.6. The molecule has 0 saturated carbocycles. The summed E-state index contributed by atoms with van der Waals surface area (Å²) in [6.45, 7) is 1.79. The molecule has 5 heteroatoms. The first-order valence-corrected chi connectivity index (χ1v) is 4.82. The van der Waals surface area contributed by atoms with Gasteiger partial charge in [0.25, 0.3) is 0 Å². The maximum absolute atomic E-state index is 11.6. The molecule has 0 aliphatic carbocycles. The number of rotatable bonds is 5. The van der Waals surface area contributed by atoms with Gasteiger partial charge in [-0.2, -0.15) is 0 Å². The molecule has 80 valence electrons. The van der Waals surface area contributed by atoms with Crippen LogP contribution in [0, 0.1) is 0 Å². The molecule has 1 aromatic carbocycles. The number of nitrogens with one attached hydrogen (secondary N) is 2. The van der Waals surface area contributed by atoms with Gasteiger partial charge in [-0.05, 0) is 19.1 Å². The van der Waals surface area contributed by atoms with E-state index in [1.807, 2.05) is 30.3 Å². The molecule has 0 radical (unpaired) electrons. The van der Waals surface area contributed by atoms with E-state index in [4.69, 9.17) is 4.65 Å². The van der Waals surface area contributed by atoms with Crippen molar-refractivity contribution < 1.29 is 9.45 Å². The first kappa shape index (κ1) is 11.7. The highest BCUT2D eigenvalue weighted by Gasteiger charge is 2.11. The third-order valence-electron chi connectivity index (χ3n) is 1.97. The summed E-state index contributed by atoms with van der Waals surface area (Å²) in [5, 5.41) is 5.71. The van der Waals surface area contributed by atoms with Crippen LogP contribution in [0.15, 0.2) is 30.3 Å². The molecule has 0 bridgehead atoms.